The van der Waals surface area contributed by atoms with E-state index in [0.717, 1.165) is 12.8 Å². The van der Waals surface area contributed by atoms with E-state index in [4.69, 9.17) is 9.47 Å². The van der Waals surface area contributed by atoms with Crippen LogP contribution in [0.4, 0.5) is 13.2 Å². The average Bonchev–Trinajstić information content (AvgIpc) is 2.94. The van der Waals surface area contributed by atoms with Crippen LogP contribution in [0.3, 0.4) is 0 Å². The number of ether oxygens (including phenoxy) is 2. The van der Waals surface area contributed by atoms with Crippen molar-refractivity contribution < 1.29 is 27.4 Å². The number of halogens is 3. The van der Waals surface area contributed by atoms with Gasteiger partial charge in [0, 0.05) is 55.7 Å². The van der Waals surface area contributed by atoms with Crippen LogP contribution in [0.1, 0.15) is 53.0 Å². The number of hydrogen-bond donors (Lipinski definition) is 1. The topological polar surface area (TPSA) is 72.8 Å². The Hall–Kier alpha value is -3.11. The molecule has 7 nitrogen and oxygen atoms in total. The van der Waals surface area contributed by atoms with Crippen LogP contribution < -0.4 is 10.7 Å². The molecule has 0 saturated carbocycles. The largest absolute Gasteiger partial charge is 0.365 e. The first-order chi connectivity index (χ1) is 16.6. The Bertz CT molecular complexity index is 1210. The number of aromatic nitrogens is 1. The minimum absolute atomic E-state index is 0.104. The predicted molar refractivity (Wildman–Crippen MR) is 123 cm³/mol. The van der Waals surface area contributed by atoms with Crippen molar-refractivity contribution in [2.24, 2.45) is 0 Å². The fraction of sp³-hybridized carbons (Fsp3) is 0.440. The van der Waals surface area contributed by atoms with Crippen LogP contribution >= 0.6 is 0 Å². The van der Waals surface area contributed by atoms with Crippen LogP contribution in [0.2, 0.25) is 0 Å². The first-order valence-electron chi connectivity index (χ1n) is 11.4. The Morgan fingerprint density at radius 1 is 1.23 bits per heavy atom. The van der Waals surface area contributed by atoms with E-state index in [0.29, 0.717) is 35.6 Å². The Morgan fingerprint density at radius 3 is 2.57 bits per heavy atom. The number of benzene rings is 1. The van der Waals surface area contributed by atoms with E-state index in [1.54, 1.807) is 14.0 Å². The maximum atomic E-state index is 14.0. The van der Waals surface area contributed by atoms with Crippen LogP contribution in [0.25, 0.3) is 5.70 Å². The maximum Gasteiger partial charge on any atom is 0.257 e. The first kappa shape index (κ1) is 25.0. The number of hydrogen-bond acceptors (Lipinski definition) is 5. The molecule has 188 valence electrons. The fourth-order valence-electron chi connectivity index (χ4n) is 4.94. The van der Waals surface area contributed by atoms with E-state index >= 15 is 0 Å². The number of methoxy groups -OCH3 is 1. The zero-order valence-corrected chi connectivity index (χ0v) is 19.9. The molecule has 2 aliphatic rings. The minimum atomic E-state index is -1.12. The van der Waals surface area contributed by atoms with Gasteiger partial charge >= 0.3 is 0 Å². The zero-order chi connectivity index (χ0) is 25.4. The van der Waals surface area contributed by atoms with Gasteiger partial charge in [-0.15, -0.1) is 0 Å². The molecule has 2 bridgehead atoms. The minimum Gasteiger partial charge on any atom is -0.365 e. The third kappa shape index (κ3) is 4.60. The van der Waals surface area contributed by atoms with Gasteiger partial charge in [0.1, 0.15) is 29.8 Å². The highest BCUT2D eigenvalue weighted by Gasteiger charge is 2.39. The van der Waals surface area contributed by atoms with Crippen molar-refractivity contribution >= 4 is 11.6 Å². The monoisotopic (exact) mass is 491 g/mol. The molecule has 1 aromatic carbocycles. The number of amides is 1. The lowest BCUT2D eigenvalue weighted by molar-refractivity contribution is -0.0906. The number of pyridine rings is 1. The smallest absolute Gasteiger partial charge is 0.257 e. The molecule has 10 heteroatoms. The molecule has 1 fully saturated rings. The number of carbonyl (C=O) groups is 1. The molecule has 0 aliphatic carbocycles. The van der Waals surface area contributed by atoms with Crippen LogP contribution in [0, 0.1) is 24.4 Å². The van der Waals surface area contributed by atoms with Crippen molar-refractivity contribution in [3.8, 4) is 0 Å². The molecule has 2 aliphatic heterocycles. The lowest BCUT2D eigenvalue weighted by Gasteiger charge is -2.42. The average molecular weight is 492 g/mol. The van der Waals surface area contributed by atoms with Gasteiger partial charge in [0.15, 0.2) is 5.43 Å². The molecule has 0 radical (unpaired) electrons. The quantitative estimate of drug-likeness (QED) is 0.627. The summed E-state index contributed by atoms with van der Waals surface area (Å²) < 4.78 is 54.1. The van der Waals surface area contributed by atoms with Gasteiger partial charge in [0.25, 0.3) is 5.91 Å². The van der Waals surface area contributed by atoms with Gasteiger partial charge in [-0.05, 0) is 26.7 Å². The number of nitrogens with one attached hydrogen (secondary N) is 1. The van der Waals surface area contributed by atoms with E-state index < -0.39 is 40.9 Å². The van der Waals surface area contributed by atoms with Gasteiger partial charge < -0.3 is 24.3 Å². The molecule has 1 N–H and O–H groups in total. The first-order valence-corrected chi connectivity index (χ1v) is 11.4. The van der Waals surface area contributed by atoms with E-state index in [1.165, 1.54) is 6.20 Å². The molecule has 2 aromatic rings. The van der Waals surface area contributed by atoms with E-state index in [9.17, 15) is 22.8 Å². The molecule has 3 atom stereocenters. The van der Waals surface area contributed by atoms with Gasteiger partial charge in [-0.3, -0.25) is 9.59 Å². The molecular formula is C25H28F3N3O4. The summed E-state index contributed by atoms with van der Waals surface area (Å²) in [5.41, 5.74) is 0.492. The van der Waals surface area contributed by atoms with Gasteiger partial charge in [-0.2, -0.15) is 0 Å². The van der Waals surface area contributed by atoms with Gasteiger partial charge in [-0.1, -0.05) is 6.58 Å². The van der Waals surface area contributed by atoms with Crippen LogP contribution in [0.15, 0.2) is 29.7 Å². The number of carbonyl (C=O) groups excluding carboxylic acids is 1. The lowest BCUT2D eigenvalue weighted by atomic mass is 9.99. The summed E-state index contributed by atoms with van der Waals surface area (Å²) in [6.45, 7) is 8.09. The highest BCUT2D eigenvalue weighted by molar-refractivity contribution is 5.94. The molecule has 3 unspecified atom stereocenters. The molecule has 1 saturated heterocycles. The van der Waals surface area contributed by atoms with Crippen LogP contribution in [0.5, 0.6) is 0 Å². The molecule has 1 aromatic heterocycles. The summed E-state index contributed by atoms with van der Waals surface area (Å²) >= 11 is 0. The van der Waals surface area contributed by atoms with Crippen molar-refractivity contribution in [1.29, 1.82) is 0 Å². The fourth-order valence-corrected chi connectivity index (χ4v) is 4.94. The van der Waals surface area contributed by atoms with Crippen molar-refractivity contribution in [1.82, 2.24) is 14.8 Å². The molecule has 4 rings (SSSR count). The van der Waals surface area contributed by atoms with E-state index in [2.05, 4.69) is 23.7 Å². The second kappa shape index (κ2) is 9.87. The van der Waals surface area contributed by atoms with Crippen molar-refractivity contribution in [3.05, 3.63) is 75.0 Å². The highest BCUT2D eigenvalue weighted by atomic mass is 19.1. The molecule has 1 amide bonds. The Labute approximate surface area is 201 Å². The molecule has 35 heavy (non-hydrogen) atoms. The van der Waals surface area contributed by atoms with E-state index in [-0.39, 0.29) is 30.5 Å². The predicted octanol–water partition coefficient (Wildman–Crippen LogP) is 3.50. The number of fused-ring (bicyclic) bond motifs is 4. The summed E-state index contributed by atoms with van der Waals surface area (Å²) in [6, 6.07) is 1.04. The van der Waals surface area contributed by atoms with Gasteiger partial charge in [0.2, 0.25) is 0 Å². The molecule has 0 spiro atoms. The third-order valence-corrected chi connectivity index (χ3v) is 6.83. The standard InChI is InChI=1S/C25H28F3N3O4/c1-13-5-6-22(35-12-34-4)21-11-30(13)15(3)23-14(2)24(32)18(10-31(21)23)25(33)29-9-17-19(27)7-16(26)8-20(17)28/h7-8,10,13,21-22H,3,5-6,9,11-12H2,1-2,4H3,(H,29,33). The zero-order valence-electron chi connectivity index (χ0n) is 19.9. The summed E-state index contributed by atoms with van der Waals surface area (Å²) in [5.74, 6) is -4.09. The summed E-state index contributed by atoms with van der Waals surface area (Å²) in [7, 11) is 1.54. The highest BCUT2D eigenvalue weighted by Crippen LogP contribution is 2.38. The van der Waals surface area contributed by atoms with Gasteiger partial charge in [0.05, 0.1) is 23.5 Å². The summed E-state index contributed by atoms with van der Waals surface area (Å²) in [5, 5.41) is 2.38. The van der Waals surface area contributed by atoms with Crippen molar-refractivity contribution in [2.45, 2.75) is 51.4 Å². The van der Waals surface area contributed by atoms with Crippen molar-refractivity contribution in [2.75, 3.05) is 20.4 Å². The van der Waals surface area contributed by atoms with Crippen molar-refractivity contribution in [3.63, 3.8) is 0 Å². The third-order valence-electron chi connectivity index (χ3n) is 6.83. The second-order valence-electron chi connectivity index (χ2n) is 8.99. The lowest BCUT2D eigenvalue weighted by Crippen LogP contribution is -2.45. The second-order valence-corrected chi connectivity index (χ2v) is 8.99. The molecule has 3 heterocycles. The summed E-state index contributed by atoms with van der Waals surface area (Å²) in [6.07, 6.45) is 2.83. The number of nitrogens with zero attached hydrogens (tertiary/aromatic N) is 2. The van der Waals surface area contributed by atoms with E-state index in [1.807, 2.05) is 4.57 Å². The maximum absolute atomic E-state index is 14.0. The Morgan fingerprint density at radius 2 is 1.91 bits per heavy atom. The SMILES string of the molecule is C=C1c2c(C)c(=O)c(C(=O)NCc3c(F)cc(F)cc3F)cn2C2CN1C(C)CCC2OCOC. The van der Waals surface area contributed by atoms with Crippen LogP contribution in [-0.2, 0) is 16.0 Å². The Kier molecular flexibility index (Phi) is 7.05. The summed E-state index contributed by atoms with van der Waals surface area (Å²) in [4.78, 5) is 28.3. The number of rotatable bonds is 6. The van der Waals surface area contributed by atoms with Gasteiger partial charge in [-0.25, -0.2) is 13.2 Å². The molecular weight excluding hydrogens is 463 g/mol. The normalized spacial score (nSPS) is 21.5. The Balaban J connectivity index is 1.71. The van der Waals surface area contributed by atoms with Crippen LogP contribution in [-0.4, -0.2) is 48.0 Å².